The van der Waals surface area contributed by atoms with Crippen molar-refractivity contribution in [2.75, 3.05) is 0 Å². The molecular weight excluding hydrogens is 292 g/mol. The Kier molecular flexibility index (Phi) is 5.22. The molecule has 0 bridgehead atoms. The lowest BCUT2D eigenvalue weighted by molar-refractivity contribution is -0.119. The van der Waals surface area contributed by atoms with E-state index in [-0.39, 0.29) is 21.4 Å². The predicted octanol–water partition coefficient (Wildman–Crippen LogP) is 4.11. The zero-order valence-corrected chi connectivity index (χ0v) is 14.4. The standard InChI is InChI=1S/C19H27O2S/c1-14-10-12-15(13-11-14)22(18-8-4-2-6-16(18)20)19-9-5-3-7-17(19)21/h10,12-14,18-19H,2-9,11H2,1H3/q+1. The SMILES string of the molecule is CC1C=CC([S+](C2CCCCC2=O)C2CCCCC2=O)=CC1. The topological polar surface area (TPSA) is 34.1 Å². The summed E-state index contributed by atoms with van der Waals surface area (Å²) < 4.78 is 0. The Morgan fingerprint density at radius 2 is 1.55 bits per heavy atom. The monoisotopic (exact) mass is 319 g/mol. The molecule has 0 spiro atoms. The zero-order chi connectivity index (χ0) is 15.5. The van der Waals surface area contributed by atoms with Gasteiger partial charge in [-0.1, -0.05) is 13.0 Å². The molecule has 0 aromatic carbocycles. The number of hydrogen-bond acceptors (Lipinski definition) is 2. The van der Waals surface area contributed by atoms with Gasteiger partial charge in [0.1, 0.15) is 0 Å². The lowest BCUT2D eigenvalue weighted by Crippen LogP contribution is -2.45. The van der Waals surface area contributed by atoms with E-state index >= 15 is 0 Å². The van der Waals surface area contributed by atoms with E-state index in [4.69, 9.17) is 0 Å². The largest absolute Gasteiger partial charge is 0.294 e. The van der Waals surface area contributed by atoms with E-state index in [1.165, 1.54) is 4.91 Å². The first-order valence-corrected chi connectivity index (χ1v) is 10.2. The minimum Gasteiger partial charge on any atom is -0.294 e. The number of carbonyl (C=O) groups excluding carboxylic acids is 2. The van der Waals surface area contributed by atoms with Crippen molar-refractivity contribution in [2.24, 2.45) is 5.92 Å². The third-order valence-corrected chi connectivity index (χ3v) is 8.23. The third-order valence-electron chi connectivity index (χ3n) is 5.16. The Morgan fingerprint density at radius 3 is 2.00 bits per heavy atom. The highest BCUT2D eigenvalue weighted by molar-refractivity contribution is 8.03. The molecule has 2 nitrogen and oxygen atoms in total. The van der Waals surface area contributed by atoms with Crippen LogP contribution in [0.2, 0.25) is 0 Å². The molecule has 3 aliphatic rings. The van der Waals surface area contributed by atoms with Gasteiger partial charge in [-0.15, -0.1) is 0 Å². The molecule has 0 N–H and O–H groups in total. The molecule has 2 saturated carbocycles. The van der Waals surface area contributed by atoms with Gasteiger partial charge in [0.05, 0.1) is 0 Å². The fraction of sp³-hybridized carbons (Fsp3) is 0.684. The molecule has 120 valence electrons. The van der Waals surface area contributed by atoms with E-state index in [1.807, 2.05) is 0 Å². The molecule has 3 aliphatic carbocycles. The van der Waals surface area contributed by atoms with Crippen molar-refractivity contribution >= 4 is 22.5 Å². The molecule has 3 unspecified atom stereocenters. The summed E-state index contributed by atoms with van der Waals surface area (Å²) in [5.41, 5.74) is 0. The van der Waals surface area contributed by atoms with Gasteiger partial charge in [0.2, 0.25) is 0 Å². The minimum atomic E-state index is -0.184. The van der Waals surface area contributed by atoms with Crippen LogP contribution in [0.3, 0.4) is 0 Å². The quantitative estimate of drug-likeness (QED) is 0.734. The molecule has 0 amide bonds. The molecule has 22 heavy (non-hydrogen) atoms. The van der Waals surface area contributed by atoms with Crippen molar-refractivity contribution in [1.82, 2.24) is 0 Å². The molecule has 0 aliphatic heterocycles. The van der Waals surface area contributed by atoms with E-state index < -0.39 is 0 Å². The van der Waals surface area contributed by atoms with Crippen LogP contribution in [0.4, 0.5) is 0 Å². The Morgan fingerprint density at radius 1 is 0.955 bits per heavy atom. The molecule has 0 heterocycles. The number of carbonyl (C=O) groups is 2. The maximum atomic E-state index is 12.5. The second kappa shape index (κ2) is 7.16. The average molecular weight is 319 g/mol. The van der Waals surface area contributed by atoms with Crippen LogP contribution in [-0.2, 0) is 20.5 Å². The van der Waals surface area contributed by atoms with Gasteiger partial charge in [-0.05, 0) is 50.2 Å². The van der Waals surface area contributed by atoms with Crippen LogP contribution in [0.15, 0.2) is 23.1 Å². The van der Waals surface area contributed by atoms with Crippen LogP contribution in [0, 0.1) is 5.92 Å². The van der Waals surface area contributed by atoms with Crippen molar-refractivity contribution in [3.63, 3.8) is 0 Å². The van der Waals surface area contributed by atoms with E-state index in [2.05, 4.69) is 25.2 Å². The predicted molar refractivity (Wildman–Crippen MR) is 92.9 cm³/mol. The first-order valence-electron chi connectivity index (χ1n) is 8.82. The maximum Gasteiger partial charge on any atom is 0.185 e. The molecule has 0 radical (unpaired) electrons. The minimum absolute atomic E-state index is 0.116. The second-order valence-corrected chi connectivity index (χ2v) is 9.30. The van der Waals surface area contributed by atoms with Crippen molar-refractivity contribution in [1.29, 1.82) is 0 Å². The van der Waals surface area contributed by atoms with E-state index in [0.717, 1.165) is 57.8 Å². The van der Waals surface area contributed by atoms with Crippen molar-refractivity contribution < 1.29 is 9.59 Å². The van der Waals surface area contributed by atoms with Crippen LogP contribution < -0.4 is 0 Å². The van der Waals surface area contributed by atoms with Crippen LogP contribution >= 0.6 is 0 Å². The molecule has 0 aromatic rings. The van der Waals surface area contributed by atoms with Crippen molar-refractivity contribution in [3.8, 4) is 0 Å². The van der Waals surface area contributed by atoms with Crippen LogP contribution in [0.1, 0.15) is 64.7 Å². The Balaban J connectivity index is 1.89. The molecule has 2 fully saturated rings. The summed E-state index contributed by atoms with van der Waals surface area (Å²) >= 11 is 0. The van der Waals surface area contributed by atoms with Gasteiger partial charge in [-0.25, -0.2) is 0 Å². The fourth-order valence-electron chi connectivity index (χ4n) is 3.85. The highest BCUT2D eigenvalue weighted by Gasteiger charge is 2.49. The van der Waals surface area contributed by atoms with E-state index in [0.29, 0.717) is 17.5 Å². The van der Waals surface area contributed by atoms with E-state index in [1.54, 1.807) is 0 Å². The first kappa shape index (κ1) is 16.0. The highest BCUT2D eigenvalue weighted by atomic mass is 32.2. The molecular formula is C19H27O2S+. The zero-order valence-electron chi connectivity index (χ0n) is 13.6. The molecule has 3 atom stereocenters. The summed E-state index contributed by atoms with van der Waals surface area (Å²) in [7, 11) is -0.184. The molecule has 0 aromatic heterocycles. The van der Waals surface area contributed by atoms with Crippen LogP contribution in [0.25, 0.3) is 0 Å². The Bertz CT molecular complexity index is 478. The highest BCUT2D eigenvalue weighted by Crippen LogP contribution is 2.37. The van der Waals surface area contributed by atoms with Crippen molar-refractivity contribution in [2.45, 2.75) is 75.2 Å². The average Bonchev–Trinajstić information content (AvgIpc) is 2.53. The Hall–Kier alpha value is -0.830. The molecule has 3 heteroatoms. The van der Waals surface area contributed by atoms with Gasteiger partial charge in [-0.3, -0.25) is 9.59 Å². The van der Waals surface area contributed by atoms with Gasteiger partial charge in [-0.2, -0.15) is 0 Å². The summed E-state index contributed by atoms with van der Waals surface area (Å²) in [5.74, 6) is 1.42. The number of Topliss-reactive ketones (excluding diaryl/α,β-unsaturated/α-hetero) is 2. The fourth-order valence-corrected chi connectivity index (χ4v) is 7.07. The smallest absolute Gasteiger partial charge is 0.185 e. The van der Waals surface area contributed by atoms with Crippen LogP contribution in [0.5, 0.6) is 0 Å². The first-order chi connectivity index (χ1) is 10.7. The molecule has 0 saturated heterocycles. The van der Waals surface area contributed by atoms with Gasteiger partial charge >= 0.3 is 0 Å². The number of hydrogen-bond donors (Lipinski definition) is 0. The van der Waals surface area contributed by atoms with E-state index in [9.17, 15) is 9.59 Å². The summed E-state index contributed by atoms with van der Waals surface area (Å²) in [5, 5.41) is 0.232. The third kappa shape index (κ3) is 3.40. The summed E-state index contributed by atoms with van der Waals surface area (Å²) in [4.78, 5) is 26.4. The number of allylic oxidation sites excluding steroid dienone is 3. The summed E-state index contributed by atoms with van der Waals surface area (Å²) in [6.07, 6.45) is 15.7. The second-order valence-electron chi connectivity index (χ2n) is 6.95. The van der Waals surface area contributed by atoms with Gasteiger partial charge in [0, 0.05) is 36.6 Å². The summed E-state index contributed by atoms with van der Waals surface area (Å²) in [6.45, 7) is 2.22. The molecule has 3 rings (SSSR count). The maximum absolute atomic E-state index is 12.5. The van der Waals surface area contributed by atoms with Crippen molar-refractivity contribution in [3.05, 3.63) is 23.1 Å². The Labute approximate surface area is 136 Å². The van der Waals surface area contributed by atoms with Gasteiger partial charge < -0.3 is 0 Å². The summed E-state index contributed by atoms with van der Waals surface area (Å²) in [6, 6.07) is 0. The normalized spacial score (nSPS) is 34.4. The van der Waals surface area contributed by atoms with Gasteiger partial charge in [0.25, 0.3) is 0 Å². The lowest BCUT2D eigenvalue weighted by atomic mass is 9.98. The number of ketones is 2. The number of rotatable bonds is 3. The van der Waals surface area contributed by atoms with Gasteiger partial charge in [0.15, 0.2) is 27.0 Å². The van der Waals surface area contributed by atoms with Crippen LogP contribution in [-0.4, -0.2) is 22.1 Å². The lowest BCUT2D eigenvalue weighted by Gasteiger charge is -2.29.